The van der Waals surface area contributed by atoms with Crippen LogP contribution < -0.4 is 5.73 Å². The molecule has 0 heterocycles. The lowest BCUT2D eigenvalue weighted by Crippen LogP contribution is -2.46. The van der Waals surface area contributed by atoms with Crippen LogP contribution in [0.2, 0.25) is 0 Å². The van der Waals surface area contributed by atoms with Crippen LogP contribution in [-0.2, 0) is 0 Å². The zero-order chi connectivity index (χ0) is 12.8. The maximum Gasteiger partial charge on any atom is 0.0617 e. The van der Waals surface area contributed by atoms with Crippen molar-refractivity contribution in [2.24, 2.45) is 5.73 Å². The van der Waals surface area contributed by atoms with Gasteiger partial charge in [0.25, 0.3) is 0 Å². The van der Waals surface area contributed by atoms with Gasteiger partial charge in [0.2, 0.25) is 0 Å². The number of aliphatic hydroxyl groups excluding tert-OH is 1. The van der Waals surface area contributed by atoms with E-state index in [-0.39, 0.29) is 12.5 Å². The SMILES string of the molecule is CC(N)(CO)C1c2ccccc2-c2ccccc21. The lowest BCUT2D eigenvalue weighted by Gasteiger charge is -2.31. The summed E-state index contributed by atoms with van der Waals surface area (Å²) in [5.41, 5.74) is 10.6. The molecule has 0 spiro atoms. The zero-order valence-electron chi connectivity index (χ0n) is 10.4. The molecule has 2 aromatic carbocycles. The summed E-state index contributed by atoms with van der Waals surface area (Å²) in [6.07, 6.45) is 0. The molecule has 92 valence electrons. The third kappa shape index (κ3) is 1.50. The van der Waals surface area contributed by atoms with E-state index < -0.39 is 5.54 Å². The fourth-order valence-corrected chi connectivity index (χ4v) is 2.96. The van der Waals surface area contributed by atoms with Gasteiger partial charge in [0.1, 0.15) is 0 Å². The molecule has 0 aromatic heterocycles. The number of hydrogen-bond acceptors (Lipinski definition) is 2. The summed E-state index contributed by atoms with van der Waals surface area (Å²) in [7, 11) is 0. The summed E-state index contributed by atoms with van der Waals surface area (Å²) in [6.45, 7) is 1.89. The molecule has 2 aromatic rings. The average Bonchev–Trinajstić information content (AvgIpc) is 2.74. The molecule has 0 amide bonds. The van der Waals surface area contributed by atoms with E-state index in [0.29, 0.717) is 0 Å². The van der Waals surface area contributed by atoms with Crippen molar-refractivity contribution in [2.75, 3.05) is 6.61 Å². The Kier molecular flexibility index (Phi) is 2.51. The van der Waals surface area contributed by atoms with Gasteiger partial charge in [-0.3, -0.25) is 0 Å². The Hall–Kier alpha value is -1.64. The second-order valence-electron chi connectivity index (χ2n) is 5.27. The second-order valence-corrected chi connectivity index (χ2v) is 5.27. The quantitative estimate of drug-likeness (QED) is 0.846. The summed E-state index contributed by atoms with van der Waals surface area (Å²) < 4.78 is 0. The number of benzene rings is 2. The van der Waals surface area contributed by atoms with Gasteiger partial charge in [-0.1, -0.05) is 48.5 Å². The van der Waals surface area contributed by atoms with Crippen molar-refractivity contribution in [1.82, 2.24) is 0 Å². The lowest BCUT2D eigenvalue weighted by molar-refractivity contribution is 0.195. The van der Waals surface area contributed by atoms with Crippen LogP contribution in [0.15, 0.2) is 48.5 Å². The molecular formula is C16H17NO. The zero-order valence-corrected chi connectivity index (χ0v) is 10.4. The fourth-order valence-electron chi connectivity index (χ4n) is 2.96. The molecule has 18 heavy (non-hydrogen) atoms. The molecule has 2 heteroatoms. The van der Waals surface area contributed by atoms with Crippen LogP contribution in [0.5, 0.6) is 0 Å². The van der Waals surface area contributed by atoms with E-state index in [1.165, 1.54) is 22.3 Å². The number of nitrogens with two attached hydrogens (primary N) is 1. The van der Waals surface area contributed by atoms with E-state index in [1.807, 2.05) is 31.2 Å². The first kappa shape index (κ1) is 11.5. The summed E-state index contributed by atoms with van der Waals surface area (Å²) in [6, 6.07) is 16.6. The van der Waals surface area contributed by atoms with Crippen molar-refractivity contribution in [2.45, 2.75) is 18.4 Å². The van der Waals surface area contributed by atoms with Gasteiger partial charge in [-0.15, -0.1) is 0 Å². The van der Waals surface area contributed by atoms with Crippen LogP contribution in [0, 0.1) is 0 Å². The topological polar surface area (TPSA) is 46.2 Å². The van der Waals surface area contributed by atoms with Crippen LogP contribution in [0.4, 0.5) is 0 Å². The summed E-state index contributed by atoms with van der Waals surface area (Å²) in [5, 5.41) is 9.58. The first-order valence-corrected chi connectivity index (χ1v) is 6.23. The van der Waals surface area contributed by atoms with Crippen molar-refractivity contribution < 1.29 is 5.11 Å². The van der Waals surface area contributed by atoms with Gasteiger partial charge in [0, 0.05) is 11.5 Å². The average molecular weight is 239 g/mol. The highest BCUT2D eigenvalue weighted by atomic mass is 16.3. The minimum absolute atomic E-state index is 0.0274. The molecule has 1 aliphatic rings. The van der Waals surface area contributed by atoms with E-state index in [2.05, 4.69) is 24.3 Å². The Labute approximate surface area is 107 Å². The molecule has 0 bridgehead atoms. The summed E-state index contributed by atoms with van der Waals surface area (Å²) in [5.74, 6) is 0.0647. The van der Waals surface area contributed by atoms with E-state index in [9.17, 15) is 5.11 Å². The predicted octanol–water partition coefficient (Wildman–Crippen LogP) is 2.51. The van der Waals surface area contributed by atoms with Crippen LogP contribution >= 0.6 is 0 Å². The van der Waals surface area contributed by atoms with E-state index in [1.54, 1.807) is 0 Å². The van der Waals surface area contributed by atoms with Crippen LogP contribution in [0.3, 0.4) is 0 Å². The van der Waals surface area contributed by atoms with Gasteiger partial charge in [-0.05, 0) is 29.2 Å². The first-order valence-electron chi connectivity index (χ1n) is 6.23. The molecule has 0 fully saturated rings. The number of hydrogen-bond donors (Lipinski definition) is 2. The molecule has 3 N–H and O–H groups in total. The summed E-state index contributed by atoms with van der Waals surface area (Å²) in [4.78, 5) is 0. The molecule has 1 unspecified atom stereocenters. The van der Waals surface area contributed by atoms with Gasteiger partial charge >= 0.3 is 0 Å². The molecule has 0 aliphatic heterocycles. The molecule has 2 nitrogen and oxygen atoms in total. The highest BCUT2D eigenvalue weighted by molar-refractivity contribution is 5.79. The van der Waals surface area contributed by atoms with Crippen LogP contribution in [0.25, 0.3) is 11.1 Å². The molecule has 1 aliphatic carbocycles. The molecule has 0 saturated carbocycles. The van der Waals surface area contributed by atoms with E-state index >= 15 is 0 Å². The third-order valence-corrected chi connectivity index (χ3v) is 3.83. The first-order chi connectivity index (χ1) is 8.65. The van der Waals surface area contributed by atoms with Crippen LogP contribution in [-0.4, -0.2) is 17.3 Å². The minimum atomic E-state index is -0.636. The second kappa shape index (κ2) is 3.94. The van der Waals surface area contributed by atoms with Gasteiger partial charge in [-0.2, -0.15) is 0 Å². The third-order valence-electron chi connectivity index (χ3n) is 3.83. The number of rotatable bonds is 2. The maximum absolute atomic E-state index is 9.58. The largest absolute Gasteiger partial charge is 0.394 e. The highest BCUT2D eigenvalue weighted by Crippen LogP contribution is 2.48. The summed E-state index contributed by atoms with van der Waals surface area (Å²) >= 11 is 0. The maximum atomic E-state index is 9.58. The standard InChI is InChI=1S/C16H17NO/c1-16(17,10-18)15-13-8-4-2-6-11(13)12-7-3-5-9-14(12)15/h2-9,15,18H,10,17H2,1H3. The lowest BCUT2D eigenvalue weighted by atomic mass is 9.80. The Morgan fingerprint density at radius 1 is 1.00 bits per heavy atom. The Morgan fingerprint density at radius 2 is 1.44 bits per heavy atom. The predicted molar refractivity (Wildman–Crippen MR) is 73.4 cm³/mol. The van der Waals surface area contributed by atoms with Gasteiger partial charge in [0.05, 0.1) is 6.61 Å². The van der Waals surface area contributed by atoms with Crippen molar-refractivity contribution in [3.8, 4) is 11.1 Å². The fraction of sp³-hybridized carbons (Fsp3) is 0.250. The minimum Gasteiger partial charge on any atom is -0.394 e. The Balaban J connectivity index is 2.27. The van der Waals surface area contributed by atoms with Crippen LogP contribution in [0.1, 0.15) is 24.0 Å². The van der Waals surface area contributed by atoms with E-state index in [0.717, 1.165) is 0 Å². The smallest absolute Gasteiger partial charge is 0.0617 e. The Morgan fingerprint density at radius 3 is 1.89 bits per heavy atom. The Bertz CT molecular complexity index is 544. The van der Waals surface area contributed by atoms with Gasteiger partial charge in [0.15, 0.2) is 0 Å². The molecule has 0 radical (unpaired) electrons. The number of aliphatic hydroxyl groups is 1. The van der Waals surface area contributed by atoms with Crippen molar-refractivity contribution in [1.29, 1.82) is 0 Å². The van der Waals surface area contributed by atoms with Crippen molar-refractivity contribution in [3.63, 3.8) is 0 Å². The molecule has 1 atom stereocenters. The monoisotopic (exact) mass is 239 g/mol. The highest BCUT2D eigenvalue weighted by Gasteiger charge is 2.39. The van der Waals surface area contributed by atoms with Gasteiger partial charge < -0.3 is 10.8 Å². The van der Waals surface area contributed by atoms with Crippen molar-refractivity contribution >= 4 is 0 Å². The van der Waals surface area contributed by atoms with Crippen molar-refractivity contribution in [3.05, 3.63) is 59.7 Å². The number of fused-ring (bicyclic) bond motifs is 3. The molecule has 0 saturated heterocycles. The molecular weight excluding hydrogens is 222 g/mol. The van der Waals surface area contributed by atoms with Gasteiger partial charge in [-0.25, -0.2) is 0 Å². The van der Waals surface area contributed by atoms with E-state index in [4.69, 9.17) is 5.73 Å². The molecule has 3 rings (SSSR count). The normalized spacial score (nSPS) is 17.1.